The Morgan fingerprint density at radius 2 is 1.84 bits per heavy atom. The summed E-state index contributed by atoms with van der Waals surface area (Å²) in [6.07, 6.45) is 6.87. The monoisotopic (exact) mass is 655 g/mol. The normalized spacial score (nSPS) is 19.4. The van der Waals surface area contributed by atoms with Crippen LogP contribution >= 0.6 is 15.9 Å². The van der Waals surface area contributed by atoms with Crippen molar-refractivity contribution in [1.29, 1.82) is 0 Å². The van der Waals surface area contributed by atoms with Gasteiger partial charge in [-0.05, 0) is 47.9 Å². The van der Waals surface area contributed by atoms with Crippen LogP contribution in [0, 0.1) is 5.92 Å². The Morgan fingerprint density at radius 3 is 2.52 bits per heavy atom. The van der Waals surface area contributed by atoms with Crippen LogP contribution in [0.4, 0.5) is 11.4 Å². The summed E-state index contributed by atoms with van der Waals surface area (Å²) in [5.74, 6) is -1.01. The topological polar surface area (TPSA) is 112 Å². The average molecular weight is 657 g/mol. The third-order valence-electron chi connectivity index (χ3n) is 8.58. The van der Waals surface area contributed by atoms with E-state index in [-0.39, 0.29) is 24.3 Å². The number of fused-ring (bicyclic) bond motifs is 1. The van der Waals surface area contributed by atoms with Crippen LogP contribution in [-0.4, -0.2) is 50.2 Å². The number of carbonyl (C=O) groups is 2. The molecule has 44 heavy (non-hydrogen) atoms. The molecule has 2 aliphatic heterocycles. The number of aromatic nitrogens is 3. The van der Waals surface area contributed by atoms with Gasteiger partial charge in [0.25, 0.3) is 5.91 Å². The van der Waals surface area contributed by atoms with Crippen LogP contribution in [0.1, 0.15) is 48.1 Å². The number of aryl methyl sites for hydroxylation is 1. The lowest BCUT2D eigenvalue weighted by molar-refractivity contribution is -0.139. The molecule has 3 atom stereocenters. The number of aliphatic hydroxyl groups is 2. The highest BCUT2D eigenvalue weighted by atomic mass is 79.9. The second kappa shape index (κ2) is 12.5. The van der Waals surface area contributed by atoms with Crippen molar-refractivity contribution in [2.75, 3.05) is 23.0 Å². The van der Waals surface area contributed by atoms with E-state index in [4.69, 9.17) is 0 Å². The quantitative estimate of drug-likeness (QED) is 0.175. The molecule has 0 aliphatic carbocycles. The van der Waals surface area contributed by atoms with Crippen molar-refractivity contribution >= 4 is 39.1 Å². The summed E-state index contributed by atoms with van der Waals surface area (Å²) in [6.45, 7) is 3.37. The third-order valence-corrected chi connectivity index (χ3v) is 9.07. The van der Waals surface area contributed by atoms with Crippen molar-refractivity contribution in [3.8, 4) is 0 Å². The summed E-state index contributed by atoms with van der Waals surface area (Å²) >= 11 is 3.51. The molecule has 1 saturated heterocycles. The SMILES string of the molecule is C[C@@H](/C=C/CCn1cc(C(CO)c2ccccc2)nn1)[C@]1(O)C(=O)N(Cc2ccc(N3CCC3=O)cc2)c2ccc(Br)cc21. The smallest absolute Gasteiger partial charge is 0.264 e. The maximum atomic E-state index is 13.9. The van der Waals surface area contributed by atoms with Gasteiger partial charge in [-0.2, -0.15) is 0 Å². The second-order valence-electron chi connectivity index (χ2n) is 11.3. The first kappa shape index (κ1) is 29.9. The summed E-state index contributed by atoms with van der Waals surface area (Å²) in [7, 11) is 0. The van der Waals surface area contributed by atoms with Crippen LogP contribution in [0.2, 0.25) is 0 Å². The molecule has 1 fully saturated rings. The predicted molar refractivity (Wildman–Crippen MR) is 171 cm³/mol. The lowest BCUT2D eigenvalue weighted by Crippen LogP contribution is -2.44. The highest BCUT2D eigenvalue weighted by Gasteiger charge is 2.52. The van der Waals surface area contributed by atoms with Crippen molar-refractivity contribution in [2.45, 2.75) is 44.4 Å². The molecule has 1 aromatic heterocycles. The standard InChI is InChI=1S/C34H34BrN5O4/c1-23(7-5-6-17-38-21-30(36-37-38)28(22-41)25-8-3-2-4-9-25)34(44)29-19-26(35)12-15-31(29)40(33(34)43)20-24-10-13-27(14-11-24)39-18-16-32(39)42/h2-5,7-15,19,21,23,28,41,44H,6,16-18,20,22H2,1H3/b7-5+/t23-,28?,34+/m0/s1. The minimum atomic E-state index is -1.73. The van der Waals surface area contributed by atoms with Crippen LogP contribution in [0.25, 0.3) is 0 Å². The molecule has 0 bridgehead atoms. The van der Waals surface area contributed by atoms with E-state index in [1.807, 2.05) is 98.1 Å². The fourth-order valence-corrected chi connectivity index (χ4v) is 6.27. The highest BCUT2D eigenvalue weighted by Crippen LogP contribution is 2.46. The molecular formula is C34H34BrN5O4. The fourth-order valence-electron chi connectivity index (χ4n) is 5.91. The predicted octanol–water partition coefficient (Wildman–Crippen LogP) is 4.92. The van der Waals surface area contributed by atoms with Crippen molar-refractivity contribution < 1.29 is 19.8 Å². The molecule has 2 aliphatic rings. The number of allylic oxidation sites excluding steroid dienone is 1. The highest BCUT2D eigenvalue weighted by molar-refractivity contribution is 9.10. The van der Waals surface area contributed by atoms with Gasteiger partial charge in [-0.25, -0.2) is 0 Å². The third kappa shape index (κ3) is 5.60. The number of halogens is 1. The molecule has 0 saturated carbocycles. The molecule has 226 valence electrons. The Morgan fingerprint density at radius 1 is 1.07 bits per heavy atom. The first-order valence-electron chi connectivity index (χ1n) is 14.8. The number of aliphatic hydroxyl groups excluding tert-OH is 1. The van der Waals surface area contributed by atoms with Gasteiger partial charge >= 0.3 is 0 Å². The van der Waals surface area contributed by atoms with Gasteiger partial charge in [0.15, 0.2) is 5.60 Å². The van der Waals surface area contributed by atoms with Crippen LogP contribution in [0.3, 0.4) is 0 Å². The van der Waals surface area contributed by atoms with E-state index >= 15 is 0 Å². The van der Waals surface area contributed by atoms with Crippen LogP contribution in [0.5, 0.6) is 0 Å². The molecule has 2 amide bonds. The lowest BCUT2D eigenvalue weighted by Gasteiger charge is -2.31. The van der Waals surface area contributed by atoms with E-state index < -0.39 is 11.5 Å². The number of amides is 2. The van der Waals surface area contributed by atoms with Gasteiger partial charge in [-0.15, -0.1) is 5.10 Å². The van der Waals surface area contributed by atoms with Crippen molar-refractivity contribution in [3.63, 3.8) is 0 Å². The second-order valence-corrected chi connectivity index (χ2v) is 12.3. The molecule has 0 spiro atoms. The molecule has 0 radical (unpaired) electrons. The summed E-state index contributed by atoms with van der Waals surface area (Å²) < 4.78 is 2.52. The number of nitrogens with zero attached hydrogens (tertiary/aromatic N) is 5. The number of β-lactam (4-membered cyclic amide) rings is 1. The van der Waals surface area contributed by atoms with E-state index in [1.165, 1.54) is 0 Å². The zero-order valence-corrected chi connectivity index (χ0v) is 26.0. The van der Waals surface area contributed by atoms with Crippen LogP contribution in [0.15, 0.2) is 95.6 Å². The van der Waals surface area contributed by atoms with E-state index in [2.05, 4.69) is 26.2 Å². The number of rotatable bonds is 11. The Balaban J connectivity index is 1.14. The van der Waals surface area contributed by atoms with E-state index in [0.717, 1.165) is 27.8 Å². The summed E-state index contributed by atoms with van der Waals surface area (Å²) in [6, 6.07) is 22.9. The van der Waals surface area contributed by atoms with Crippen molar-refractivity contribution in [1.82, 2.24) is 15.0 Å². The maximum Gasteiger partial charge on any atom is 0.264 e. The maximum absolute atomic E-state index is 13.9. The van der Waals surface area contributed by atoms with Gasteiger partial charge in [0.1, 0.15) is 0 Å². The Labute approximate surface area is 264 Å². The number of benzene rings is 3. The zero-order chi connectivity index (χ0) is 30.8. The van der Waals surface area contributed by atoms with Crippen LogP contribution in [-0.2, 0) is 28.3 Å². The largest absolute Gasteiger partial charge is 0.395 e. The minimum absolute atomic E-state index is 0.0632. The molecular weight excluding hydrogens is 622 g/mol. The van der Waals surface area contributed by atoms with Gasteiger partial charge in [0.2, 0.25) is 5.91 Å². The zero-order valence-electron chi connectivity index (χ0n) is 24.4. The molecule has 1 unspecified atom stereocenters. The van der Waals surface area contributed by atoms with E-state index in [9.17, 15) is 19.8 Å². The Kier molecular flexibility index (Phi) is 8.48. The molecule has 3 aromatic carbocycles. The molecule has 2 N–H and O–H groups in total. The summed E-state index contributed by atoms with van der Waals surface area (Å²) in [4.78, 5) is 29.1. The Hall–Kier alpha value is -4.12. The van der Waals surface area contributed by atoms with E-state index in [1.54, 1.807) is 14.5 Å². The molecule has 6 rings (SSSR count). The van der Waals surface area contributed by atoms with Gasteiger partial charge in [0, 0.05) is 47.3 Å². The first-order chi connectivity index (χ1) is 21.3. The molecule has 9 nitrogen and oxygen atoms in total. The lowest BCUT2D eigenvalue weighted by atomic mass is 9.83. The van der Waals surface area contributed by atoms with Crippen molar-refractivity contribution in [2.24, 2.45) is 5.92 Å². The van der Waals surface area contributed by atoms with Crippen molar-refractivity contribution in [3.05, 3.63) is 118 Å². The fraction of sp³-hybridized carbons (Fsp3) is 0.294. The number of hydrogen-bond acceptors (Lipinski definition) is 6. The van der Waals surface area contributed by atoms with Gasteiger partial charge in [0.05, 0.1) is 30.5 Å². The summed E-state index contributed by atoms with van der Waals surface area (Å²) in [5.41, 5.74) is 2.94. The molecule has 4 aromatic rings. The number of hydrogen-bond donors (Lipinski definition) is 2. The van der Waals surface area contributed by atoms with Gasteiger partial charge in [-0.1, -0.05) is 82.7 Å². The minimum Gasteiger partial charge on any atom is -0.395 e. The van der Waals surface area contributed by atoms with Gasteiger partial charge in [-0.3, -0.25) is 14.3 Å². The first-order valence-corrected chi connectivity index (χ1v) is 15.5. The molecule has 3 heterocycles. The van der Waals surface area contributed by atoms with E-state index in [0.29, 0.717) is 42.9 Å². The average Bonchev–Trinajstić information content (AvgIpc) is 3.57. The molecule has 10 heteroatoms. The number of anilines is 2. The Bertz CT molecular complexity index is 1690. The van der Waals surface area contributed by atoms with Crippen LogP contribution < -0.4 is 9.80 Å². The number of carbonyl (C=O) groups excluding carboxylic acids is 2. The van der Waals surface area contributed by atoms with Gasteiger partial charge < -0.3 is 20.0 Å². The summed E-state index contributed by atoms with van der Waals surface area (Å²) in [5, 5.41) is 30.5.